The Balaban J connectivity index is 1.66. The van der Waals surface area contributed by atoms with Crippen LogP contribution < -0.4 is 0 Å². The lowest BCUT2D eigenvalue weighted by Crippen LogP contribution is -2.45. The second kappa shape index (κ2) is 8.13. The van der Waals surface area contributed by atoms with Gasteiger partial charge in [0.25, 0.3) is 5.91 Å². The SMILES string of the molecule is Cc1ccc(CCN(Cc2ccco2)C(=O)[C@@H]2COCCO2)cc1. The Morgan fingerprint density at radius 3 is 2.71 bits per heavy atom. The summed E-state index contributed by atoms with van der Waals surface area (Å²) in [6, 6.07) is 12.1. The molecule has 5 heteroatoms. The number of rotatable bonds is 6. The Morgan fingerprint density at radius 1 is 1.21 bits per heavy atom. The van der Waals surface area contributed by atoms with Crippen molar-refractivity contribution in [1.29, 1.82) is 0 Å². The van der Waals surface area contributed by atoms with Crippen LogP contribution in [0.5, 0.6) is 0 Å². The number of nitrogens with zero attached hydrogens (tertiary/aromatic N) is 1. The third kappa shape index (κ3) is 4.46. The summed E-state index contributed by atoms with van der Waals surface area (Å²) in [5.41, 5.74) is 2.44. The van der Waals surface area contributed by atoms with Gasteiger partial charge < -0.3 is 18.8 Å². The average molecular weight is 329 g/mol. The summed E-state index contributed by atoms with van der Waals surface area (Å²) in [6.45, 7) is 4.45. The molecule has 1 saturated heterocycles. The number of benzene rings is 1. The second-order valence-electron chi connectivity index (χ2n) is 6.01. The molecular formula is C19H23NO4. The van der Waals surface area contributed by atoms with Gasteiger partial charge in [-0.3, -0.25) is 4.79 Å². The van der Waals surface area contributed by atoms with Gasteiger partial charge in [-0.05, 0) is 31.0 Å². The Hall–Kier alpha value is -2.11. The van der Waals surface area contributed by atoms with Crippen LogP contribution in [0.3, 0.4) is 0 Å². The van der Waals surface area contributed by atoms with Gasteiger partial charge >= 0.3 is 0 Å². The lowest BCUT2D eigenvalue weighted by Gasteiger charge is -2.29. The molecule has 128 valence electrons. The summed E-state index contributed by atoms with van der Waals surface area (Å²) in [6.07, 6.45) is 1.89. The minimum absolute atomic E-state index is 0.0433. The number of amides is 1. The van der Waals surface area contributed by atoms with Gasteiger partial charge in [0.15, 0.2) is 6.10 Å². The molecule has 24 heavy (non-hydrogen) atoms. The van der Waals surface area contributed by atoms with E-state index in [1.54, 1.807) is 11.2 Å². The van der Waals surface area contributed by atoms with E-state index in [0.29, 0.717) is 32.9 Å². The highest BCUT2D eigenvalue weighted by atomic mass is 16.6. The van der Waals surface area contributed by atoms with Crippen LogP contribution in [0, 0.1) is 6.92 Å². The van der Waals surface area contributed by atoms with Gasteiger partial charge in [0, 0.05) is 6.54 Å². The topological polar surface area (TPSA) is 51.9 Å². The van der Waals surface area contributed by atoms with Crippen molar-refractivity contribution in [3.63, 3.8) is 0 Å². The minimum atomic E-state index is -0.522. The van der Waals surface area contributed by atoms with Crippen LogP contribution in [0.1, 0.15) is 16.9 Å². The number of aryl methyl sites for hydroxylation is 1. The highest BCUT2D eigenvalue weighted by Crippen LogP contribution is 2.13. The van der Waals surface area contributed by atoms with E-state index >= 15 is 0 Å². The number of carbonyl (C=O) groups excluding carboxylic acids is 1. The van der Waals surface area contributed by atoms with Crippen molar-refractivity contribution in [2.75, 3.05) is 26.4 Å². The van der Waals surface area contributed by atoms with Crippen LogP contribution in [0.25, 0.3) is 0 Å². The zero-order valence-corrected chi connectivity index (χ0v) is 13.9. The van der Waals surface area contributed by atoms with E-state index in [1.807, 2.05) is 12.1 Å². The standard InChI is InChI=1S/C19H23NO4/c1-15-4-6-16(7-5-15)8-9-20(13-17-3-2-10-23-17)19(21)18-14-22-11-12-24-18/h2-7,10,18H,8-9,11-14H2,1H3/t18-/m0/s1. The molecule has 0 spiro atoms. The molecule has 0 unspecified atom stereocenters. The van der Waals surface area contributed by atoms with Crippen molar-refractivity contribution in [1.82, 2.24) is 4.90 Å². The summed E-state index contributed by atoms with van der Waals surface area (Å²) in [7, 11) is 0. The van der Waals surface area contributed by atoms with Gasteiger partial charge in [-0.2, -0.15) is 0 Å². The van der Waals surface area contributed by atoms with Crippen LogP contribution in [0.2, 0.25) is 0 Å². The normalized spacial score (nSPS) is 17.6. The molecule has 1 aliphatic heterocycles. The van der Waals surface area contributed by atoms with Gasteiger partial charge in [-0.25, -0.2) is 0 Å². The Bertz CT molecular complexity index is 630. The number of carbonyl (C=O) groups is 1. The average Bonchev–Trinajstić information content (AvgIpc) is 3.13. The van der Waals surface area contributed by atoms with E-state index < -0.39 is 6.10 Å². The molecule has 1 aromatic carbocycles. The molecule has 1 amide bonds. The largest absolute Gasteiger partial charge is 0.467 e. The fourth-order valence-electron chi connectivity index (χ4n) is 2.71. The third-order valence-corrected chi connectivity index (χ3v) is 4.12. The number of ether oxygens (including phenoxy) is 2. The molecule has 1 fully saturated rings. The van der Waals surface area contributed by atoms with Crippen molar-refractivity contribution in [2.24, 2.45) is 0 Å². The Morgan fingerprint density at radius 2 is 2.04 bits per heavy atom. The van der Waals surface area contributed by atoms with E-state index in [2.05, 4.69) is 31.2 Å². The van der Waals surface area contributed by atoms with E-state index in [9.17, 15) is 4.79 Å². The molecule has 2 aromatic rings. The van der Waals surface area contributed by atoms with E-state index in [-0.39, 0.29) is 5.91 Å². The van der Waals surface area contributed by atoms with Gasteiger partial charge in [0.1, 0.15) is 5.76 Å². The molecule has 0 bridgehead atoms. The molecule has 0 N–H and O–H groups in total. The number of hydrogen-bond acceptors (Lipinski definition) is 4. The van der Waals surface area contributed by atoms with Crippen molar-refractivity contribution >= 4 is 5.91 Å². The zero-order valence-electron chi connectivity index (χ0n) is 13.9. The van der Waals surface area contributed by atoms with E-state index in [0.717, 1.165) is 12.2 Å². The maximum absolute atomic E-state index is 12.8. The lowest BCUT2D eigenvalue weighted by molar-refractivity contribution is -0.158. The van der Waals surface area contributed by atoms with Crippen LogP contribution in [-0.2, 0) is 27.2 Å². The summed E-state index contributed by atoms with van der Waals surface area (Å²) in [4.78, 5) is 14.6. The third-order valence-electron chi connectivity index (χ3n) is 4.12. The molecule has 0 aliphatic carbocycles. The quantitative estimate of drug-likeness (QED) is 0.817. The van der Waals surface area contributed by atoms with Gasteiger partial charge in [0.2, 0.25) is 0 Å². The molecule has 3 rings (SSSR count). The van der Waals surface area contributed by atoms with E-state index in [1.165, 1.54) is 11.1 Å². The second-order valence-corrected chi connectivity index (χ2v) is 6.01. The monoisotopic (exact) mass is 329 g/mol. The van der Waals surface area contributed by atoms with Crippen LogP contribution in [0.4, 0.5) is 0 Å². The first kappa shape index (κ1) is 16.7. The van der Waals surface area contributed by atoms with Gasteiger partial charge in [-0.1, -0.05) is 29.8 Å². The van der Waals surface area contributed by atoms with Crippen LogP contribution in [-0.4, -0.2) is 43.3 Å². The zero-order chi connectivity index (χ0) is 16.8. The number of furan rings is 1. The Kier molecular flexibility index (Phi) is 5.67. The smallest absolute Gasteiger partial charge is 0.254 e. The van der Waals surface area contributed by atoms with Crippen LogP contribution in [0.15, 0.2) is 47.1 Å². The summed E-state index contributed by atoms with van der Waals surface area (Å²) >= 11 is 0. The first-order chi connectivity index (χ1) is 11.7. The van der Waals surface area contributed by atoms with Crippen LogP contribution >= 0.6 is 0 Å². The minimum Gasteiger partial charge on any atom is -0.467 e. The molecule has 1 aliphatic rings. The predicted molar refractivity (Wildman–Crippen MR) is 89.6 cm³/mol. The molecule has 1 aromatic heterocycles. The van der Waals surface area contributed by atoms with E-state index in [4.69, 9.17) is 13.9 Å². The molecular weight excluding hydrogens is 306 g/mol. The van der Waals surface area contributed by atoms with Crippen molar-refractivity contribution in [2.45, 2.75) is 26.0 Å². The fraction of sp³-hybridized carbons (Fsp3) is 0.421. The first-order valence-electron chi connectivity index (χ1n) is 8.28. The van der Waals surface area contributed by atoms with Crippen molar-refractivity contribution < 1.29 is 18.7 Å². The molecule has 5 nitrogen and oxygen atoms in total. The lowest BCUT2D eigenvalue weighted by atomic mass is 10.1. The molecule has 0 radical (unpaired) electrons. The highest BCUT2D eigenvalue weighted by Gasteiger charge is 2.28. The molecule has 1 atom stereocenters. The Labute approximate surface area is 142 Å². The summed E-state index contributed by atoms with van der Waals surface area (Å²) in [5.74, 6) is 0.724. The van der Waals surface area contributed by atoms with Gasteiger partial charge in [0.05, 0.1) is 32.6 Å². The van der Waals surface area contributed by atoms with Gasteiger partial charge in [-0.15, -0.1) is 0 Å². The van der Waals surface area contributed by atoms with Crippen molar-refractivity contribution in [3.05, 3.63) is 59.5 Å². The highest BCUT2D eigenvalue weighted by molar-refractivity contribution is 5.81. The molecule has 0 saturated carbocycles. The summed E-state index contributed by atoms with van der Waals surface area (Å²) < 4.78 is 16.3. The summed E-state index contributed by atoms with van der Waals surface area (Å²) in [5, 5.41) is 0. The predicted octanol–water partition coefficient (Wildman–Crippen LogP) is 2.57. The maximum Gasteiger partial charge on any atom is 0.254 e. The first-order valence-corrected chi connectivity index (χ1v) is 8.28. The maximum atomic E-state index is 12.8. The number of hydrogen-bond donors (Lipinski definition) is 0. The molecule has 2 heterocycles. The fourth-order valence-corrected chi connectivity index (χ4v) is 2.71. The van der Waals surface area contributed by atoms with Crippen molar-refractivity contribution in [3.8, 4) is 0 Å².